The lowest BCUT2D eigenvalue weighted by atomic mass is 9.88. The Hall–Kier alpha value is -2.01. The van der Waals surface area contributed by atoms with Crippen LogP contribution < -0.4 is 5.32 Å². The molecule has 0 bridgehead atoms. The Morgan fingerprint density at radius 2 is 1.83 bits per heavy atom. The molecule has 3 rings (SSSR count). The molecule has 18 heavy (non-hydrogen) atoms. The molecule has 1 N–H and O–H groups in total. The van der Waals surface area contributed by atoms with Crippen molar-refractivity contribution in [2.24, 2.45) is 0 Å². The molecule has 1 aliphatic heterocycles. The van der Waals surface area contributed by atoms with E-state index >= 15 is 0 Å². The molecule has 90 valence electrons. The highest BCUT2D eigenvalue weighted by atomic mass is 32.1. The molecule has 0 saturated carbocycles. The number of Topliss-reactive ketones (excluding diaryl/α,β-unsaturated/α-hetero) is 1. The molecule has 3 nitrogen and oxygen atoms in total. The molecule has 0 aliphatic carbocycles. The highest BCUT2D eigenvalue weighted by Gasteiger charge is 2.36. The highest BCUT2D eigenvalue weighted by Crippen LogP contribution is 2.34. The fourth-order valence-electron chi connectivity index (χ4n) is 2.02. The topological polar surface area (TPSA) is 46.2 Å². The van der Waals surface area contributed by atoms with Crippen LogP contribution >= 0.6 is 11.3 Å². The van der Waals surface area contributed by atoms with Gasteiger partial charge in [-0.05, 0) is 29.1 Å². The molecule has 1 unspecified atom stereocenters. The van der Waals surface area contributed by atoms with Gasteiger partial charge in [-0.25, -0.2) is 4.39 Å². The van der Waals surface area contributed by atoms with Gasteiger partial charge in [-0.2, -0.15) is 0 Å². The van der Waals surface area contributed by atoms with E-state index in [2.05, 4.69) is 5.32 Å². The van der Waals surface area contributed by atoms with Crippen LogP contribution in [0.4, 0.5) is 9.39 Å². The molecule has 2 aromatic rings. The van der Waals surface area contributed by atoms with Crippen LogP contribution in [0.3, 0.4) is 0 Å². The number of anilines is 1. The van der Waals surface area contributed by atoms with Gasteiger partial charge in [-0.3, -0.25) is 9.59 Å². The summed E-state index contributed by atoms with van der Waals surface area (Å²) in [5.74, 6) is -1.87. The monoisotopic (exact) mass is 261 g/mol. The van der Waals surface area contributed by atoms with Gasteiger partial charge >= 0.3 is 0 Å². The molecule has 5 heteroatoms. The number of hydrogen-bond acceptors (Lipinski definition) is 3. The average molecular weight is 261 g/mol. The first-order valence-electron chi connectivity index (χ1n) is 5.35. The minimum atomic E-state index is -0.882. The molecule has 1 aromatic carbocycles. The summed E-state index contributed by atoms with van der Waals surface area (Å²) in [6, 6.07) is 7.13. The summed E-state index contributed by atoms with van der Waals surface area (Å²) >= 11 is 1.32. The third kappa shape index (κ3) is 1.64. The van der Waals surface area contributed by atoms with Crippen molar-refractivity contribution >= 4 is 28.0 Å². The van der Waals surface area contributed by atoms with Crippen molar-refractivity contribution in [2.75, 3.05) is 5.32 Å². The van der Waals surface area contributed by atoms with E-state index in [-0.39, 0.29) is 11.7 Å². The molecule has 1 aromatic heterocycles. The minimum Gasteiger partial charge on any atom is -0.316 e. The van der Waals surface area contributed by atoms with Crippen LogP contribution in [-0.2, 0) is 4.79 Å². The van der Waals surface area contributed by atoms with Gasteiger partial charge in [0.2, 0.25) is 5.91 Å². The van der Waals surface area contributed by atoms with Crippen LogP contribution in [0.2, 0.25) is 0 Å². The SMILES string of the molecule is O=C1Nc2sccc2C(=O)C1c1ccc(F)cc1. The van der Waals surface area contributed by atoms with Gasteiger partial charge in [-0.15, -0.1) is 11.3 Å². The van der Waals surface area contributed by atoms with E-state index < -0.39 is 11.7 Å². The molecule has 0 radical (unpaired) electrons. The predicted octanol–water partition coefficient (Wildman–Crippen LogP) is 2.81. The van der Waals surface area contributed by atoms with Crippen molar-refractivity contribution in [1.82, 2.24) is 0 Å². The molecule has 0 fully saturated rings. The van der Waals surface area contributed by atoms with Crippen LogP contribution in [0, 0.1) is 5.82 Å². The number of benzene rings is 1. The van der Waals surface area contributed by atoms with Crippen LogP contribution in [-0.4, -0.2) is 11.7 Å². The Labute approximate surface area is 106 Å². The summed E-state index contributed by atoms with van der Waals surface area (Å²) < 4.78 is 12.9. The lowest BCUT2D eigenvalue weighted by molar-refractivity contribution is -0.116. The third-order valence-corrected chi connectivity index (χ3v) is 3.72. The second-order valence-corrected chi connectivity index (χ2v) is 4.92. The van der Waals surface area contributed by atoms with Crippen LogP contribution in [0.25, 0.3) is 0 Å². The summed E-state index contributed by atoms with van der Waals surface area (Å²) in [5, 5.41) is 5.04. The number of rotatable bonds is 1. The highest BCUT2D eigenvalue weighted by molar-refractivity contribution is 7.15. The third-order valence-electron chi connectivity index (χ3n) is 2.90. The summed E-state index contributed by atoms with van der Waals surface area (Å²) in [7, 11) is 0. The molecular formula is C13H8FNO2S. The first-order chi connectivity index (χ1) is 8.66. The number of ketones is 1. The Morgan fingerprint density at radius 3 is 2.56 bits per heavy atom. The first-order valence-corrected chi connectivity index (χ1v) is 6.23. The maximum Gasteiger partial charge on any atom is 0.240 e. The van der Waals surface area contributed by atoms with Gasteiger partial charge < -0.3 is 5.32 Å². The van der Waals surface area contributed by atoms with Gasteiger partial charge in [0.1, 0.15) is 16.7 Å². The number of thiophene rings is 1. The normalized spacial score (nSPS) is 18.4. The van der Waals surface area contributed by atoms with Crippen molar-refractivity contribution in [3.8, 4) is 0 Å². The van der Waals surface area contributed by atoms with Crippen molar-refractivity contribution in [3.63, 3.8) is 0 Å². The molecule has 1 atom stereocenters. The second kappa shape index (κ2) is 4.03. The van der Waals surface area contributed by atoms with Crippen molar-refractivity contribution in [1.29, 1.82) is 0 Å². The van der Waals surface area contributed by atoms with E-state index in [1.807, 2.05) is 0 Å². The fourth-order valence-corrected chi connectivity index (χ4v) is 2.81. The van der Waals surface area contributed by atoms with Gasteiger partial charge in [0.15, 0.2) is 5.78 Å². The summed E-state index contributed by atoms with van der Waals surface area (Å²) in [5.41, 5.74) is 1.03. The minimum absolute atomic E-state index is 0.235. The van der Waals surface area contributed by atoms with Crippen LogP contribution in [0.5, 0.6) is 0 Å². The number of hydrogen-bond donors (Lipinski definition) is 1. The maximum absolute atomic E-state index is 12.9. The quantitative estimate of drug-likeness (QED) is 0.802. The average Bonchev–Trinajstić information content (AvgIpc) is 2.80. The summed E-state index contributed by atoms with van der Waals surface area (Å²) in [6.07, 6.45) is 0. The molecule has 0 saturated heterocycles. The summed E-state index contributed by atoms with van der Waals surface area (Å²) in [6.45, 7) is 0. The molecular weight excluding hydrogens is 253 g/mol. The number of nitrogens with one attached hydrogen (secondary N) is 1. The molecule has 1 amide bonds. The van der Waals surface area contributed by atoms with E-state index in [0.717, 1.165) is 0 Å². The van der Waals surface area contributed by atoms with Crippen molar-refractivity contribution in [3.05, 3.63) is 52.7 Å². The zero-order valence-corrected chi connectivity index (χ0v) is 9.96. The Bertz CT molecular complexity index is 633. The van der Waals surface area contributed by atoms with Crippen molar-refractivity contribution in [2.45, 2.75) is 5.92 Å². The predicted molar refractivity (Wildman–Crippen MR) is 66.4 cm³/mol. The van der Waals surface area contributed by atoms with Gasteiger partial charge in [0.05, 0.1) is 5.56 Å². The first kappa shape index (κ1) is 11.1. The fraction of sp³-hybridized carbons (Fsp3) is 0.0769. The second-order valence-electron chi connectivity index (χ2n) is 4.00. The number of carbonyl (C=O) groups is 2. The number of halogens is 1. The lowest BCUT2D eigenvalue weighted by Gasteiger charge is -2.21. The van der Waals surface area contributed by atoms with Gasteiger partial charge in [0.25, 0.3) is 0 Å². The maximum atomic E-state index is 12.9. The van der Waals surface area contributed by atoms with E-state index in [4.69, 9.17) is 0 Å². The zero-order chi connectivity index (χ0) is 12.7. The van der Waals surface area contributed by atoms with Gasteiger partial charge in [0, 0.05) is 0 Å². The van der Waals surface area contributed by atoms with E-state index in [1.54, 1.807) is 11.4 Å². The summed E-state index contributed by atoms with van der Waals surface area (Å²) in [4.78, 5) is 24.2. The van der Waals surface area contributed by atoms with Crippen LogP contribution in [0.1, 0.15) is 21.8 Å². The molecule has 0 spiro atoms. The van der Waals surface area contributed by atoms with Crippen LogP contribution in [0.15, 0.2) is 35.7 Å². The van der Waals surface area contributed by atoms with Crippen molar-refractivity contribution < 1.29 is 14.0 Å². The number of amides is 1. The van der Waals surface area contributed by atoms with E-state index in [9.17, 15) is 14.0 Å². The number of carbonyl (C=O) groups excluding carboxylic acids is 2. The molecule has 1 aliphatic rings. The Balaban J connectivity index is 2.05. The van der Waals surface area contributed by atoms with Gasteiger partial charge in [-0.1, -0.05) is 12.1 Å². The number of fused-ring (bicyclic) bond motifs is 1. The zero-order valence-electron chi connectivity index (χ0n) is 9.14. The lowest BCUT2D eigenvalue weighted by Crippen LogP contribution is -2.32. The molecule has 2 heterocycles. The van der Waals surface area contributed by atoms with E-state index in [1.165, 1.54) is 35.6 Å². The largest absolute Gasteiger partial charge is 0.316 e. The smallest absolute Gasteiger partial charge is 0.240 e. The Morgan fingerprint density at radius 1 is 1.11 bits per heavy atom. The van der Waals surface area contributed by atoms with E-state index in [0.29, 0.717) is 16.1 Å². The Kier molecular flexibility index (Phi) is 2.48. The standard InChI is InChI=1S/C13H8FNO2S/c14-8-3-1-7(2-4-8)10-11(16)9-5-6-18-13(9)15-12(10)17/h1-6,10H,(H,15,17).